The molecule has 1 aromatic carbocycles. The Balaban J connectivity index is 1.75. The number of esters is 1. The summed E-state index contributed by atoms with van der Waals surface area (Å²) < 4.78 is 16.4. The lowest BCUT2D eigenvalue weighted by Gasteiger charge is -2.20. The summed E-state index contributed by atoms with van der Waals surface area (Å²) in [6.45, 7) is 6.22. The number of H-pyrrole nitrogens is 1. The fourth-order valence-corrected chi connectivity index (χ4v) is 3.35. The first kappa shape index (κ1) is 17.6. The van der Waals surface area contributed by atoms with E-state index in [0.717, 1.165) is 5.69 Å². The minimum absolute atomic E-state index is 0.0523. The summed E-state index contributed by atoms with van der Waals surface area (Å²) in [6.07, 6.45) is -0.658. The van der Waals surface area contributed by atoms with Gasteiger partial charge in [-0.1, -0.05) is 11.6 Å². The fourth-order valence-electron chi connectivity index (χ4n) is 3.06. The summed E-state index contributed by atoms with van der Waals surface area (Å²) in [5.74, 6) is 0.576. The lowest BCUT2D eigenvalue weighted by atomic mass is 10.1. The first-order valence-corrected chi connectivity index (χ1v) is 8.38. The highest BCUT2D eigenvalue weighted by Crippen LogP contribution is 2.38. The Hall–Kier alpha value is -2.18. The molecule has 2 aromatic rings. The molecule has 0 fully saturated rings. The fraction of sp³-hybridized carbons (Fsp3) is 0.389. The van der Waals surface area contributed by atoms with E-state index < -0.39 is 12.1 Å². The Bertz CT molecular complexity index is 812. The van der Waals surface area contributed by atoms with Crippen LogP contribution in [-0.4, -0.2) is 29.3 Å². The molecule has 1 aromatic heterocycles. The number of hydrogen-bond donors (Lipinski definition) is 2. The molecule has 2 heterocycles. The van der Waals surface area contributed by atoms with E-state index in [-0.39, 0.29) is 6.61 Å². The molecule has 3 rings (SSSR count). The van der Waals surface area contributed by atoms with E-state index in [2.05, 4.69) is 4.98 Å². The van der Waals surface area contributed by atoms with Gasteiger partial charge in [0.25, 0.3) is 0 Å². The molecular formula is C18H20ClNO5. The summed E-state index contributed by atoms with van der Waals surface area (Å²) in [5.41, 5.74) is 3.21. The number of ether oxygens (including phenoxy) is 3. The van der Waals surface area contributed by atoms with Gasteiger partial charge in [0.05, 0.1) is 11.1 Å². The molecular weight excluding hydrogens is 346 g/mol. The molecule has 6 nitrogen and oxygen atoms in total. The van der Waals surface area contributed by atoms with Gasteiger partial charge >= 0.3 is 5.97 Å². The molecule has 0 bridgehead atoms. The van der Waals surface area contributed by atoms with Crippen LogP contribution < -0.4 is 9.47 Å². The van der Waals surface area contributed by atoms with Gasteiger partial charge in [-0.05, 0) is 44.0 Å². The van der Waals surface area contributed by atoms with Crippen molar-refractivity contribution in [2.45, 2.75) is 33.5 Å². The Kier molecular flexibility index (Phi) is 4.92. The van der Waals surface area contributed by atoms with Crippen molar-refractivity contribution < 1.29 is 24.1 Å². The van der Waals surface area contributed by atoms with Crippen molar-refractivity contribution in [3.63, 3.8) is 0 Å². The number of benzene rings is 1. The Morgan fingerprint density at radius 3 is 2.76 bits per heavy atom. The number of halogens is 1. The monoisotopic (exact) mass is 365 g/mol. The van der Waals surface area contributed by atoms with Crippen LogP contribution in [0.4, 0.5) is 0 Å². The topological polar surface area (TPSA) is 80.8 Å². The first-order valence-electron chi connectivity index (χ1n) is 8.00. The zero-order valence-corrected chi connectivity index (χ0v) is 15.1. The van der Waals surface area contributed by atoms with Crippen molar-refractivity contribution >= 4 is 17.6 Å². The second kappa shape index (κ2) is 6.98. The van der Waals surface area contributed by atoms with Crippen LogP contribution in [0.1, 0.15) is 45.9 Å². The van der Waals surface area contributed by atoms with Crippen LogP contribution in [0.2, 0.25) is 5.02 Å². The third kappa shape index (κ3) is 3.45. The standard InChI is InChI=1S/C18H20ClNO5/c1-9-15(11(3)21)10(2)20-16(9)18(22)25-8-12-6-13(19)17-14(7-12)23-4-5-24-17/h6-7,11,20-21H,4-5,8H2,1-3H3/t11-/m1/s1. The Morgan fingerprint density at radius 1 is 1.36 bits per heavy atom. The quantitative estimate of drug-likeness (QED) is 0.811. The summed E-state index contributed by atoms with van der Waals surface area (Å²) in [5, 5.41) is 10.2. The van der Waals surface area contributed by atoms with Crippen LogP contribution in [0.25, 0.3) is 0 Å². The van der Waals surface area contributed by atoms with Crippen LogP contribution in [0.15, 0.2) is 12.1 Å². The summed E-state index contributed by atoms with van der Waals surface area (Å²) in [7, 11) is 0. The molecule has 0 saturated carbocycles. The van der Waals surface area contributed by atoms with Crippen molar-refractivity contribution in [2.24, 2.45) is 0 Å². The number of nitrogens with one attached hydrogen (secondary N) is 1. The number of aromatic amines is 1. The lowest BCUT2D eigenvalue weighted by molar-refractivity contribution is 0.0464. The van der Waals surface area contributed by atoms with Gasteiger partial charge in [0.15, 0.2) is 11.5 Å². The highest BCUT2D eigenvalue weighted by Gasteiger charge is 2.22. The molecule has 0 saturated heterocycles. The van der Waals surface area contributed by atoms with E-state index in [9.17, 15) is 9.90 Å². The van der Waals surface area contributed by atoms with Gasteiger partial charge in [-0.25, -0.2) is 4.79 Å². The zero-order valence-electron chi connectivity index (χ0n) is 14.3. The number of carbonyl (C=O) groups is 1. The molecule has 1 aliphatic rings. The van der Waals surface area contributed by atoms with E-state index >= 15 is 0 Å². The summed E-state index contributed by atoms with van der Waals surface area (Å²) in [6, 6.07) is 3.44. The van der Waals surface area contributed by atoms with Gasteiger partial charge in [-0.15, -0.1) is 0 Å². The highest BCUT2D eigenvalue weighted by molar-refractivity contribution is 6.32. The predicted molar refractivity (Wildman–Crippen MR) is 92.5 cm³/mol. The summed E-state index contributed by atoms with van der Waals surface area (Å²) >= 11 is 6.18. The largest absolute Gasteiger partial charge is 0.486 e. The van der Waals surface area contributed by atoms with E-state index in [0.29, 0.717) is 52.1 Å². The van der Waals surface area contributed by atoms with Crippen molar-refractivity contribution in [3.8, 4) is 11.5 Å². The van der Waals surface area contributed by atoms with Crippen LogP contribution in [0.5, 0.6) is 11.5 Å². The van der Waals surface area contributed by atoms with Gasteiger partial charge in [0.1, 0.15) is 25.5 Å². The number of aryl methyl sites for hydroxylation is 1. The second-order valence-electron chi connectivity index (χ2n) is 6.02. The molecule has 134 valence electrons. The number of aliphatic hydroxyl groups excluding tert-OH is 1. The average molecular weight is 366 g/mol. The Morgan fingerprint density at radius 2 is 2.08 bits per heavy atom. The van der Waals surface area contributed by atoms with Crippen molar-refractivity contribution in [1.29, 1.82) is 0 Å². The number of fused-ring (bicyclic) bond motifs is 1. The van der Waals surface area contributed by atoms with Crippen LogP contribution >= 0.6 is 11.6 Å². The lowest BCUT2D eigenvalue weighted by Crippen LogP contribution is -2.16. The minimum Gasteiger partial charge on any atom is -0.486 e. The maximum absolute atomic E-state index is 12.4. The molecule has 2 N–H and O–H groups in total. The second-order valence-corrected chi connectivity index (χ2v) is 6.42. The smallest absolute Gasteiger partial charge is 0.355 e. The highest BCUT2D eigenvalue weighted by atomic mass is 35.5. The van der Waals surface area contributed by atoms with E-state index in [1.807, 2.05) is 6.92 Å². The van der Waals surface area contributed by atoms with Gasteiger partial charge in [0.2, 0.25) is 0 Å². The molecule has 0 aliphatic carbocycles. The van der Waals surface area contributed by atoms with Gasteiger partial charge in [-0.2, -0.15) is 0 Å². The number of aromatic nitrogens is 1. The van der Waals surface area contributed by atoms with E-state index in [1.165, 1.54) is 0 Å². The normalized spacial score (nSPS) is 14.3. The maximum Gasteiger partial charge on any atom is 0.355 e. The molecule has 1 atom stereocenters. The molecule has 25 heavy (non-hydrogen) atoms. The van der Waals surface area contributed by atoms with Crippen molar-refractivity contribution in [1.82, 2.24) is 4.98 Å². The molecule has 0 spiro atoms. The Labute approximate surface area is 150 Å². The van der Waals surface area contributed by atoms with Crippen LogP contribution in [0.3, 0.4) is 0 Å². The van der Waals surface area contributed by atoms with E-state index in [1.54, 1.807) is 26.0 Å². The molecule has 0 radical (unpaired) electrons. The molecule has 0 amide bonds. The predicted octanol–water partition coefficient (Wildman–Crippen LogP) is 3.47. The number of hydrogen-bond acceptors (Lipinski definition) is 5. The average Bonchev–Trinajstić information content (AvgIpc) is 2.87. The van der Waals surface area contributed by atoms with Gasteiger partial charge in [0, 0.05) is 11.3 Å². The van der Waals surface area contributed by atoms with E-state index in [4.69, 9.17) is 25.8 Å². The number of aliphatic hydroxyl groups is 1. The molecule has 1 aliphatic heterocycles. The SMILES string of the molecule is Cc1[nH]c(C(=O)OCc2cc(Cl)c3c(c2)OCCO3)c(C)c1[C@@H](C)O. The minimum atomic E-state index is -0.658. The van der Waals surface area contributed by atoms with Gasteiger partial charge in [-0.3, -0.25) is 0 Å². The maximum atomic E-state index is 12.4. The third-order valence-corrected chi connectivity index (χ3v) is 4.42. The van der Waals surface area contributed by atoms with Crippen molar-refractivity contribution in [3.05, 3.63) is 45.2 Å². The first-order chi connectivity index (χ1) is 11.9. The number of rotatable bonds is 4. The van der Waals surface area contributed by atoms with Crippen molar-refractivity contribution in [2.75, 3.05) is 13.2 Å². The van der Waals surface area contributed by atoms with Gasteiger partial charge < -0.3 is 24.3 Å². The zero-order chi connectivity index (χ0) is 18.1. The third-order valence-electron chi connectivity index (χ3n) is 4.14. The van der Waals surface area contributed by atoms with Crippen LogP contribution in [0, 0.1) is 13.8 Å². The van der Waals surface area contributed by atoms with Crippen LogP contribution in [-0.2, 0) is 11.3 Å². The summed E-state index contributed by atoms with van der Waals surface area (Å²) in [4.78, 5) is 15.4. The number of carbonyl (C=O) groups excluding carboxylic acids is 1. The molecule has 0 unspecified atom stereocenters. The molecule has 7 heteroatoms.